The van der Waals surface area contributed by atoms with Gasteiger partial charge in [0.05, 0.1) is 5.56 Å². The predicted molar refractivity (Wildman–Crippen MR) is 104 cm³/mol. The Morgan fingerprint density at radius 3 is 2.35 bits per heavy atom. The van der Waals surface area contributed by atoms with Gasteiger partial charge in [-0.15, -0.1) is 0 Å². The van der Waals surface area contributed by atoms with Gasteiger partial charge >= 0.3 is 0 Å². The van der Waals surface area contributed by atoms with Crippen molar-refractivity contribution in [2.45, 2.75) is 64.0 Å². The molecule has 2 amide bonds. The minimum absolute atomic E-state index is 0.0353. The second kappa shape index (κ2) is 8.56. The van der Waals surface area contributed by atoms with Crippen molar-refractivity contribution in [1.29, 1.82) is 0 Å². The third-order valence-corrected chi connectivity index (χ3v) is 5.82. The average Bonchev–Trinajstić information content (AvgIpc) is 2.68. The molecule has 2 fully saturated rings. The first-order valence-corrected chi connectivity index (χ1v) is 9.94. The molecule has 0 spiro atoms. The molecule has 2 aliphatic rings. The molecule has 142 valence electrons. The van der Waals surface area contributed by atoms with E-state index in [4.69, 9.17) is 0 Å². The zero-order valence-corrected chi connectivity index (χ0v) is 16.0. The van der Waals surface area contributed by atoms with Gasteiger partial charge in [0.1, 0.15) is 0 Å². The summed E-state index contributed by atoms with van der Waals surface area (Å²) in [7, 11) is 1.96. The Morgan fingerprint density at radius 2 is 1.69 bits per heavy atom. The fourth-order valence-electron chi connectivity index (χ4n) is 4.31. The second-order valence-corrected chi connectivity index (χ2v) is 7.69. The summed E-state index contributed by atoms with van der Waals surface area (Å²) in [5.74, 6) is 0.171. The van der Waals surface area contributed by atoms with E-state index >= 15 is 0 Å². The number of nitrogens with one attached hydrogen (secondary N) is 1. The van der Waals surface area contributed by atoms with Crippen LogP contribution in [0.5, 0.6) is 0 Å². The molecule has 26 heavy (non-hydrogen) atoms. The lowest BCUT2D eigenvalue weighted by molar-refractivity contribution is -0.119. The van der Waals surface area contributed by atoms with Gasteiger partial charge in [-0.05, 0) is 37.8 Å². The lowest BCUT2D eigenvalue weighted by atomic mass is 9.94. The highest BCUT2D eigenvalue weighted by molar-refractivity contribution is 5.99. The molecule has 5 nitrogen and oxygen atoms in total. The SMILES string of the molecule is CC(=O)NC1CCN(c2ccccc2C(=O)N(C)C2CCCCC2)CC1. The molecular formula is C21H31N3O2. The number of para-hydroxylation sites is 1. The second-order valence-electron chi connectivity index (χ2n) is 7.69. The van der Waals surface area contributed by atoms with Crippen LogP contribution in [0.25, 0.3) is 0 Å². The standard InChI is InChI=1S/C21H31N3O2/c1-16(25)22-17-12-14-24(15-13-17)20-11-7-6-10-19(20)21(26)23(2)18-8-4-3-5-9-18/h6-7,10-11,17-18H,3-5,8-9,12-15H2,1-2H3,(H,22,25). The number of hydrogen-bond acceptors (Lipinski definition) is 3. The number of amides is 2. The van der Waals surface area contributed by atoms with Gasteiger partial charge in [0, 0.05) is 44.8 Å². The first-order valence-electron chi connectivity index (χ1n) is 9.94. The fraction of sp³-hybridized carbons (Fsp3) is 0.619. The van der Waals surface area contributed by atoms with E-state index in [1.807, 2.05) is 30.1 Å². The van der Waals surface area contributed by atoms with Crippen LogP contribution in [0.1, 0.15) is 62.2 Å². The Morgan fingerprint density at radius 1 is 1.04 bits per heavy atom. The highest BCUT2D eigenvalue weighted by Gasteiger charge is 2.27. The van der Waals surface area contributed by atoms with Crippen LogP contribution in [0, 0.1) is 0 Å². The third-order valence-electron chi connectivity index (χ3n) is 5.82. The fourth-order valence-corrected chi connectivity index (χ4v) is 4.31. The van der Waals surface area contributed by atoms with Gasteiger partial charge in [0.15, 0.2) is 0 Å². The van der Waals surface area contributed by atoms with Gasteiger partial charge in [-0.25, -0.2) is 0 Å². The number of carbonyl (C=O) groups is 2. The van der Waals surface area contributed by atoms with Crippen molar-refractivity contribution < 1.29 is 9.59 Å². The van der Waals surface area contributed by atoms with E-state index in [1.165, 1.54) is 19.3 Å². The monoisotopic (exact) mass is 357 g/mol. The van der Waals surface area contributed by atoms with Crippen molar-refractivity contribution in [2.75, 3.05) is 25.0 Å². The van der Waals surface area contributed by atoms with Crippen molar-refractivity contribution in [2.24, 2.45) is 0 Å². The molecular weight excluding hydrogens is 326 g/mol. The molecule has 3 rings (SSSR count). The third kappa shape index (κ3) is 4.37. The maximum atomic E-state index is 13.2. The summed E-state index contributed by atoms with van der Waals surface area (Å²) < 4.78 is 0. The summed E-state index contributed by atoms with van der Waals surface area (Å²) in [6.07, 6.45) is 7.81. The minimum Gasteiger partial charge on any atom is -0.371 e. The number of anilines is 1. The molecule has 5 heteroatoms. The summed E-state index contributed by atoms with van der Waals surface area (Å²) in [6.45, 7) is 3.30. The molecule has 0 radical (unpaired) electrons. The topological polar surface area (TPSA) is 52.7 Å². The van der Waals surface area contributed by atoms with Crippen LogP contribution in [0.15, 0.2) is 24.3 Å². The number of rotatable bonds is 4. The van der Waals surface area contributed by atoms with Crippen molar-refractivity contribution in [1.82, 2.24) is 10.2 Å². The van der Waals surface area contributed by atoms with Crippen molar-refractivity contribution in [3.05, 3.63) is 29.8 Å². The summed E-state index contributed by atoms with van der Waals surface area (Å²) in [4.78, 5) is 28.7. The van der Waals surface area contributed by atoms with Crippen molar-refractivity contribution in [3.8, 4) is 0 Å². The van der Waals surface area contributed by atoms with Crippen LogP contribution >= 0.6 is 0 Å². The largest absolute Gasteiger partial charge is 0.371 e. The lowest BCUT2D eigenvalue weighted by Gasteiger charge is -2.36. The first kappa shape index (κ1) is 18.7. The molecule has 1 N–H and O–H groups in total. The van der Waals surface area contributed by atoms with Crippen LogP contribution in [0.2, 0.25) is 0 Å². The van der Waals surface area contributed by atoms with E-state index in [2.05, 4.69) is 16.3 Å². The van der Waals surface area contributed by atoms with Gasteiger partial charge < -0.3 is 15.1 Å². The van der Waals surface area contributed by atoms with Gasteiger partial charge in [-0.1, -0.05) is 31.4 Å². The van der Waals surface area contributed by atoms with E-state index in [0.29, 0.717) is 6.04 Å². The smallest absolute Gasteiger partial charge is 0.255 e. The van der Waals surface area contributed by atoms with Gasteiger partial charge in [0.2, 0.25) is 5.91 Å². The number of carbonyl (C=O) groups excluding carboxylic acids is 2. The molecule has 1 aromatic carbocycles. The normalized spacial score (nSPS) is 19.2. The Labute approximate surface area is 156 Å². The van der Waals surface area contributed by atoms with Crippen molar-refractivity contribution >= 4 is 17.5 Å². The Kier molecular flexibility index (Phi) is 6.17. The van der Waals surface area contributed by atoms with E-state index in [1.54, 1.807) is 6.92 Å². The Hall–Kier alpha value is -2.04. The number of nitrogens with zero attached hydrogens (tertiary/aromatic N) is 2. The van der Waals surface area contributed by atoms with E-state index < -0.39 is 0 Å². The maximum Gasteiger partial charge on any atom is 0.255 e. The molecule has 1 heterocycles. The number of piperidine rings is 1. The van der Waals surface area contributed by atoms with E-state index in [9.17, 15) is 9.59 Å². The molecule has 0 aromatic heterocycles. The van der Waals surface area contributed by atoms with Crippen LogP contribution in [-0.2, 0) is 4.79 Å². The first-order chi connectivity index (χ1) is 12.6. The van der Waals surface area contributed by atoms with E-state index in [0.717, 1.165) is 50.0 Å². The molecule has 0 unspecified atom stereocenters. The van der Waals surface area contributed by atoms with Crippen LogP contribution < -0.4 is 10.2 Å². The van der Waals surface area contributed by atoms with Gasteiger partial charge in [-0.3, -0.25) is 9.59 Å². The summed E-state index contributed by atoms with van der Waals surface area (Å²) >= 11 is 0. The van der Waals surface area contributed by atoms with Crippen LogP contribution in [-0.4, -0.2) is 48.9 Å². The van der Waals surface area contributed by atoms with Crippen LogP contribution in [0.4, 0.5) is 5.69 Å². The van der Waals surface area contributed by atoms with Crippen molar-refractivity contribution in [3.63, 3.8) is 0 Å². The highest BCUT2D eigenvalue weighted by Crippen LogP contribution is 2.28. The van der Waals surface area contributed by atoms with Crippen LogP contribution in [0.3, 0.4) is 0 Å². The minimum atomic E-state index is 0.0353. The number of benzene rings is 1. The van der Waals surface area contributed by atoms with Gasteiger partial charge in [-0.2, -0.15) is 0 Å². The maximum absolute atomic E-state index is 13.2. The average molecular weight is 357 g/mol. The Bertz CT molecular complexity index is 632. The molecule has 1 aliphatic carbocycles. The number of hydrogen-bond donors (Lipinski definition) is 1. The molecule has 1 saturated carbocycles. The highest BCUT2D eigenvalue weighted by atomic mass is 16.2. The summed E-state index contributed by atoms with van der Waals surface area (Å²) in [6, 6.07) is 8.59. The lowest BCUT2D eigenvalue weighted by Crippen LogP contribution is -2.45. The molecule has 0 bridgehead atoms. The quantitative estimate of drug-likeness (QED) is 0.900. The van der Waals surface area contributed by atoms with E-state index in [-0.39, 0.29) is 17.9 Å². The molecule has 1 aromatic rings. The molecule has 1 saturated heterocycles. The van der Waals surface area contributed by atoms with Gasteiger partial charge in [0.25, 0.3) is 5.91 Å². The molecule has 1 aliphatic heterocycles. The summed E-state index contributed by atoms with van der Waals surface area (Å²) in [5.41, 5.74) is 1.83. The molecule has 0 atom stereocenters. The zero-order valence-electron chi connectivity index (χ0n) is 16.0. The summed E-state index contributed by atoms with van der Waals surface area (Å²) in [5, 5.41) is 3.01. The zero-order chi connectivity index (χ0) is 18.5. The Balaban J connectivity index is 1.70. The predicted octanol–water partition coefficient (Wildman–Crippen LogP) is 3.20.